The van der Waals surface area contributed by atoms with Gasteiger partial charge in [0.15, 0.2) is 11.5 Å². The molecule has 3 N–H and O–H groups in total. The fourth-order valence-electron chi connectivity index (χ4n) is 2.78. The Morgan fingerprint density at radius 1 is 1.11 bits per heavy atom. The molecular weight excluding hydrogens is 374 g/mol. The van der Waals surface area contributed by atoms with Crippen molar-refractivity contribution in [2.75, 3.05) is 14.2 Å². The van der Waals surface area contributed by atoms with Crippen LogP contribution in [-0.2, 0) is 13.0 Å². The standard InChI is InChI=1S/C21H23N3O3S/c1-26-18-9-8-15(11-19(18)27-2)12-23-20(25)17-13-28-21(24-17)16(22)10-14-6-4-3-5-7-14/h3-9,11,13,16H,10,12,22H2,1-2H3,(H,23,25). The molecule has 0 bridgehead atoms. The molecule has 0 saturated carbocycles. The summed E-state index contributed by atoms with van der Waals surface area (Å²) < 4.78 is 10.5. The number of aromatic nitrogens is 1. The lowest BCUT2D eigenvalue weighted by Gasteiger charge is -2.10. The lowest BCUT2D eigenvalue weighted by molar-refractivity contribution is 0.0946. The molecule has 2 aromatic carbocycles. The van der Waals surface area contributed by atoms with Gasteiger partial charge >= 0.3 is 0 Å². The van der Waals surface area contributed by atoms with Crippen molar-refractivity contribution < 1.29 is 14.3 Å². The fraction of sp³-hybridized carbons (Fsp3) is 0.238. The van der Waals surface area contributed by atoms with Crippen LogP contribution >= 0.6 is 11.3 Å². The predicted molar refractivity (Wildman–Crippen MR) is 110 cm³/mol. The van der Waals surface area contributed by atoms with Gasteiger partial charge in [0.2, 0.25) is 0 Å². The van der Waals surface area contributed by atoms with Gasteiger partial charge in [0.25, 0.3) is 5.91 Å². The van der Waals surface area contributed by atoms with Crippen LogP contribution in [0.4, 0.5) is 0 Å². The average molecular weight is 398 g/mol. The lowest BCUT2D eigenvalue weighted by atomic mass is 10.1. The minimum absolute atomic E-state index is 0.232. The first-order valence-electron chi connectivity index (χ1n) is 8.84. The molecule has 1 amide bonds. The zero-order valence-corrected chi connectivity index (χ0v) is 16.7. The van der Waals surface area contributed by atoms with Crippen molar-refractivity contribution >= 4 is 17.2 Å². The molecule has 0 spiro atoms. The van der Waals surface area contributed by atoms with Gasteiger partial charge in [0.05, 0.1) is 20.3 Å². The van der Waals surface area contributed by atoms with Crippen LogP contribution in [-0.4, -0.2) is 25.1 Å². The first-order chi connectivity index (χ1) is 13.6. The molecular formula is C21H23N3O3S. The number of nitrogens with zero attached hydrogens (tertiary/aromatic N) is 1. The molecule has 0 aliphatic rings. The number of amides is 1. The highest BCUT2D eigenvalue weighted by Crippen LogP contribution is 2.27. The monoisotopic (exact) mass is 397 g/mol. The smallest absolute Gasteiger partial charge is 0.271 e. The summed E-state index contributed by atoms with van der Waals surface area (Å²) in [6.07, 6.45) is 0.682. The number of hydrogen-bond donors (Lipinski definition) is 2. The molecule has 0 aliphatic heterocycles. The molecule has 1 heterocycles. The molecule has 1 aromatic heterocycles. The Labute approximate surface area is 168 Å². The van der Waals surface area contributed by atoms with E-state index in [0.717, 1.165) is 16.1 Å². The van der Waals surface area contributed by atoms with Gasteiger partial charge in [0, 0.05) is 11.9 Å². The number of nitrogens with two attached hydrogens (primary N) is 1. The van der Waals surface area contributed by atoms with Crippen molar-refractivity contribution in [3.8, 4) is 11.5 Å². The Hall–Kier alpha value is -2.90. The van der Waals surface area contributed by atoms with E-state index in [1.54, 1.807) is 19.6 Å². The first-order valence-corrected chi connectivity index (χ1v) is 9.72. The van der Waals surface area contributed by atoms with Crippen molar-refractivity contribution in [1.29, 1.82) is 0 Å². The third-order valence-electron chi connectivity index (χ3n) is 4.27. The highest BCUT2D eigenvalue weighted by atomic mass is 32.1. The third-order valence-corrected chi connectivity index (χ3v) is 5.25. The van der Waals surface area contributed by atoms with E-state index in [9.17, 15) is 4.79 Å². The van der Waals surface area contributed by atoms with E-state index in [2.05, 4.69) is 10.3 Å². The maximum atomic E-state index is 12.4. The Bertz CT molecular complexity index is 928. The second kappa shape index (κ2) is 9.34. The van der Waals surface area contributed by atoms with Crippen LogP contribution in [0.25, 0.3) is 0 Å². The van der Waals surface area contributed by atoms with Crippen LogP contribution in [0.15, 0.2) is 53.9 Å². The number of carbonyl (C=O) groups excluding carboxylic acids is 1. The number of thiazole rings is 1. The van der Waals surface area contributed by atoms with E-state index in [1.807, 2.05) is 48.5 Å². The van der Waals surface area contributed by atoms with Crippen LogP contribution in [0.3, 0.4) is 0 Å². The largest absolute Gasteiger partial charge is 0.493 e. The normalized spacial score (nSPS) is 11.7. The SMILES string of the molecule is COc1ccc(CNC(=O)c2csc(C(N)Cc3ccccc3)n2)cc1OC. The Balaban J connectivity index is 1.59. The highest BCUT2D eigenvalue weighted by molar-refractivity contribution is 7.09. The van der Waals surface area contributed by atoms with Crippen molar-refractivity contribution in [2.24, 2.45) is 5.73 Å². The number of carbonyl (C=O) groups is 1. The van der Waals surface area contributed by atoms with Gasteiger partial charge in [-0.1, -0.05) is 36.4 Å². The second-order valence-corrected chi connectivity index (χ2v) is 7.13. The number of benzene rings is 2. The Morgan fingerprint density at radius 2 is 1.86 bits per heavy atom. The van der Waals surface area contributed by atoms with E-state index in [1.165, 1.54) is 11.3 Å². The number of hydrogen-bond acceptors (Lipinski definition) is 6. The van der Waals surface area contributed by atoms with Crippen LogP contribution < -0.4 is 20.5 Å². The molecule has 0 saturated heterocycles. The van der Waals surface area contributed by atoms with Gasteiger partial charge < -0.3 is 20.5 Å². The predicted octanol–water partition coefficient (Wildman–Crippen LogP) is 3.33. The van der Waals surface area contributed by atoms with Crippen molar-refractivity contribution in [1.82, 2.24) is 10.3 Å². The summed E-state index contributed by atoms with van der Waals surface area (Å²) in [4.78, 5) is 16.8. The molecule has 146 valence electrons. The van der Waals surface area contributed by atoms with Crippen molar-refractivity contribution in [3.05, 3.63) is 75.7 Å². The summed E-state index contributed by atoms with van der Waals surface area (Å²) in [7, 11) is 3.16. The minimum Gasteiger partial charge on any atom is -0.493 e. The minimum atomic E-state index is -0.236. The topological polar surface area (TPSA) is 86.5 Å². The molecule has 0 aliphatic carbocycles. The van der Waals surface area contributed by atoms with Gasteiger partial charge in [-0.3, -0.25) is 4.79 Å². The zero-order chi connectivity index (χ0) is 19.9. The van der Waals surface area contributed by atoms with Gasteiger partial charge in [0.1, 0.15) is 10.7 Å². The van der Waals surface area contributed by atoms with Crippen LogP contribution in [0.2, 0.25) is 0 Å². The summed E-state index contributed by atoms with van der Waals surface area (Å²) >= 11 is 1.40. The van der Waals surface area contributed by atoms with Crippen LogP contribution in [0, 0.1) is 0 Å². The maximum Gasteiger partial charge on any atom is 0.271 e. The highest BCUT2D eigenvalue weighted by Gasteiger charge is 2.16. The molecule has 3 aromatic rings. The molecule has 28 heavy (non-hydrogen) atoms. The summed E-state index contributed by atoms with van der Waals surface area (Å²) in [5.74, 6) is 1.04. The number of methoxy groups -OCH3 is 2. The van der Waals surface area contributed by atoms with E-state index >= 15 is 0 Å². The van der Waals surface area contributed by atoms with Gasteiger partial charge in [-0.05, 0) is 29.7 Å². The quantitative estimate of drug-likeness (QED) is 0.609. The summed E-state index contributed by atoms with van der Waals surface area (Å²) in [5.41, 5.74) is 8.68. The maximum absolute atomic E-state index is 12.4. The van der Waals surface area contributed by atoms with E-state index < -0.39 is 0 Å². The molecule has 6 nitrogen and oxygen atoms in total. The molecule has 1 unspecified atom stereocenters. The zero-order valence-electron chi connectivity index (χ0n) is 15.8. The van der Waals surface area contributed by atoms with Crippen molar-refractivity contribution in [3.63, 3.8) is 0 Å². The second-order valence-electron chi connectivity index (χ2n) is 6.24. The summed E-state index contributed by atoms with van der Waals surface area (Å²) in [5, 5.41) is 5.36. The van der Waals surface area contributed by atoms with E-state index in [4.69, 9.17) is 15.2 Å². The first kappa shape index (κ1) is 19.9. The van der Waals surface area contributed by atoms with Crippen LogP contribution in [0.1, 0.15) is 32.7 Å². The van der Waals surface area contributed by atoms with E-state index in [0.29, 0.717) is 30.2 Å². The van der Waals surface area contributed by atoms with Crippen LogP contribution in [0.5, 0.6) is 11.5 Å². The molecule has 3 rings (SSSR count). The van der Waals surface area contributed by atoms with Gasteiger partial charge in [-0.2, -0.15) is 0 Å². The number of nitrogens with one attached hydrogen (secondary N) is 1. The van der Waals surface area contributed by atoms with Gasteiger partial charge in [-0.15, -0.1) is 11.3 Å². The van der Waals surface area contributed by atoms with Crippen molar-refractivity contribution in [2.45, 2.75) is 19.0 Å². The number of ether oxygens (including phenoxy) is 2. The molecule has 7 heteroatoms. The average Bonchev–Trinajstić information content (AvgIpc) is 3.23. The summed E-state index contributed by atoms with van der Waals surface area (Å²) in [6.45, 7) is 0.363. The number of rotatable bonds is 8. The van der Waals surface area contributed by atoms with E-state index in [-0.39, 0.29) is 11.9 Å². The molecule has 1 atom stereocenters. The third kappa shape index (κ3) is 4.88. The summed E-state index contributed by atoms with van der Waals surface area (Å²) in [6, 6.07) is 15.3. The Morgan fingerprint density at radius 3 is 2.57 bits per heavy atom. The molecule has 0 radical (unpaired) electrons. The lowest BCUT2D eigenvalue weighted by Crippen LogP contribution is -2.23. The fourth-order valence-corrected chi connectivity index (χ4v) is 3.58. The molecule has 0 fully saturated rings. The van der Waals surface area contributed by atoms with Gasteiger partial charge in [-0.25, -0.2) is 4.98 Å². The Kier molecular flexibility index (Phi) is 6.62.